The summed E-state index contributed by atoms with van der Waals surface area (Å²) in [5, 5.41) is 0. The summed E-state index contributed by atoms with van der Waals surface area (Å²) in [5.74, 6) is 0.103. The van der Waals surface area contributed by atoms with Crippen LogP contribution in [0.25, 0.3) is 0 Å². The summed E-state index contributed by atoms with van der Waals surface area (Å²) in [7, 11) is 0. The maximum absolute atomic E-state index is 12.9. The van der Waals surface area contributed by atoms with Gasteiger partial charge in [-0.1, -0.05) is 48.5 Å². The van der Waals surface area contributed by atoms with Gasteiger partial charge in [0.25, 0.3) is 0 Å². The quantitative estimate of drug-likeness (QED) is 0.775. The van der Waals surface area contributed by atoms with Gasteiger partial charge in [0, 0.05) is 31.6 Å². The van der Waals surface area contributed by atoms with E-state index < -0.39 is 0 Å². The van der Waals surface area contributed by atoms with Crippen LogP contribution in [0.5, 0.6) is 0 Å². The number of carbonyl (C=O) groups excluding carboxylic acids is 2. The molecule has 0 saturated heterocycles. The molecule has 2 aromatic rings. The van der Waals surface area contributed by atoms with Crippen molar-refractivity contribution in [3.63, 3.8) is 0 Å². The van der Waals surface area contributed by atoms with Crippen molar-refractivity contribution < 1.29 is 9.59 Å². The van der Waals surface area contributed by atoms with Crippen LogP contribution in [-0.4, -0.2) is 29.3 Å². The first kappa shape index (κ1) is 17.2. The van der Waals surface area contributed by atoms with Gasteiger partial charge in [0.2, 0.25) is 11.8 Å². The van der Waals surface area contributed by atoms with Gasteiger partial charge in [-0.25, -0.2) is 0 Å². The highest BCUT2D eigenvalue weighted by atomic mass is 16.2. The maximum Gasteiger partial charge on any atom is 0.229 e. The zero-order chi connectivity index (χ0) is 17.6. The van der Waals surface area contributed by atoms with Crippen LogP contribution in [-0.2, 0) is 16.1 Å². The molecule has 3 rings (SSSR count). The summed E-state index contributed by atoms with van der Waals surface area (Å²) in [6, 6.07) is 20.0. The maximum atomic E-state index is 12.9. The second-order valence-electron chi connectivity index (χ2n) is 6.49. The average molecular weight is 336 g/mol. The minimum absolute atomic E-state index is 0.0435. The molecule has 0 N–H and O–H groups in total. The summed E-state index contributed by atoms with van der Waals surface area (Å²) in [6.45, 7) is 2.62. The van der Waals surface area contributed by atoms with E-state index in [0.29, 0.717) is 25.6 Å². The van der Waals surface area contributed by atoms with Crippen molar-refractivity contribution in [1.82, 2.24) is 4.90 Å². The predicted molar refractivity (Wildman–Crippen MR) is 99.1 cm³/mol. The molecule has 0 bridgehead atoms. The van der Waals surface area contributed by atoms with Crippen LogP contribution in [0.3, 0.4) is 0 Å². The highest BCUT2D eigenvalue weighted by molar-refractivity contribution is 5.93. The van der Waals surface area contributed by atoms with E-state index in [1.165, 1.54) is 0 Å². The van der Waals surface area contributed by atoms with Crippen molar-refractivity contribution in [3.05, 3.63) is 66.2 Å². The van der Waals surface area contributed by atoms with Crippen LogP contribution in [0.1, 0.15) is 31.7 Å². The number of rotatable bonds is 7. The van der Waals surface area contributed by atoms with E-state index in [1.807, 2.05) is 65.6 Å². The van der Waals surface area contributed by atoms with Crippen molar-refractivity contribution >= 4 is 17.5 Å². The number of para-hydroxylation sites is 1. The molecule has 0 radical (unpaired) electrons. The first-order chi connectivity index (χ1) is 12.1. The Hall–Kier alpha value is -2.62. The van der Waals surface area contributed by atoms with E-state index >= 15 is 0 Å². The number of carbonyl (C=O) groups is 2. The first-order valence-electron chi connectivity index (χ1n) is 8.81. The molecule has 0 atom stereocenters. The number of amides is 2. The predicted octanol–water partition coefficient (Wildman–Crippen LogP) is 3.62. The molecule has 1 aliphatic rings. The van der Waals surface area contributed by atoms with Crippen LogP contribution >= 0.6 is 0 Å². The highest BCUT2D eigenvalue weighted by Crippen LogP contribution is 2.27. The number of nitrogens with zero attached hydrogens (tertiary/aromatic N) is 2. The van der Waals surface area contributed by atoms with Gasteiger partial charge < -0.3 is 9.80 Å². The van der Waals surface area contributed by atoms with Gasteiger partial charge in [-0.2, -0.15) is 0 Å². The van der Waals surface area contributed by atoms with E-state index in [-0.39, 0.29) is 11.8 Å². The second-order valence-corrected chi connectivity index (χ2v) is 6.49. The number of hydrogen-bond acceptors (Lipinski definition) is 2. The average Bonchev–Trinajstić information content (AvgIpc) is 3.46. The van der Waals surface area contributed by atoms with Gasteiger partial charge in [0.15, 0.2) is 0 Å². The van der Waals surface area contributed by atoms with E-state index in [4.69, 9.17) is 0 Å². The fourth-order valence-corrected chi connectivity index (χ4v) is 3.03. The summed E-state index contributed by atoms with van der Waals surface area (Å²) >= 11 is 0. The lowest BCUT2D eigenvalue weighted by molar-refractivity contribution is -0.130. The molecule has 0 heterocycles. The molecule has 0 aliphatic heterocycles. The zero-order valence-corrected chi connectivity index (χ0v) is 14.6. The molecule has 1 fully saturated rings. The normalized spacial score (nSPS) is 13.3. The molecule has 0 spiro atoms. The Labute approximate surface area is 149 Å². The highest BCUT2D eigenvalue weighted by Gasteiger charge is 2.31. The van der Waals surface area contributed by atoms with Gasteiger partial charge in [-0.05, 0) is 30.5 Å². The van der Waals surface area contributed by atoms with Gasteiger partial charge >= 0.3 is 0 Å². The Morgan fingerprint density at radius 3 is 2.12 bits per heavy atom. The largest absolute Gasteiger partial charge is 0.339 e. The summed E-state index contributed by atoms with van der Waals surface area (Å²) in [6.07, 6.45) is 2.46. The lowest BCUT2D eigenvalue weighted by Crippen LogP contribution is -2.37. The SMILES string of the molecule is CC(=O)N(CCC(=O)N(Cc1ccccc1)c1ccccc1)C1CC1. The Morgan fingerprint density at radius 2 is 1.56 bits per heavy atom. The van der Waals surface area contributed by atoms with Crippen LogP contribution < -0.4 is 4.90 Å². The molecule has 0 unspecified atom stereocenters. The molecule has 4 nitrogen and oxygen atoms in total. The Morgan fingerprint density at radius 1 is 0.960 bits per heavy atom. The van der Waals surface area contributed by atoms with Crippen molar-refractivity contribution in [3.8, 4) is 0 Å². The van der Waals surface area contributed by atoms with Crippen molar-refractivity contribution in [1.29, 1.82) is 0 Å². The van der Waals surface area contributed by atoms with Crippen LogP contribution in [0, 0.1) is 0 Å². The van der Waals surface area contributed by atoms with Gasteiger partial charge in [-0.15, -0.1) is 0 Å². The van der Waals surface area contributed by atoms with E-state index in [2.05, 4.69) is 0 Å². The number of hydrogen-bond donors (Lipinski definition) is 0. The molecule has 1 aliphatic carbocycles. The summed E-state index contributed by atoms with van der Waals surface area (Å²) < 4.78 is 0. The van der Waals surface area contributed by atoms with Crippen LogP contribution in [0.2, 0.25) is 0 Å². The summed E-state index contributed by atoms with van der Waals surface area (Å²) in [4.78, 5) is 28.3. The molecular weight excluding hydrogens is 312 g/mol. The Kier molecular flexibility index (Phi) is 5.49. The Balaban J connectivity index is 1.71. The minimum Gasteiger partial charge on any atom is -0.339 e. The smallest absolute Gasteiger partial charge is 0.229 e. The third kappa shape index (κ3) is 4.69. The molecular formula is C21H24N2O2. The fourth-order valence-electron chi connectivity index (χ4n) is 3.03. The van der Waals surface area contributed by atoms with E-state index in [1.54, 1.807) is 11.8 Å². The molecule has 25 heavy (non-hydrogen) atoms. The Bertz CT molecular complexity index is 711. The molecule has 1 saturated carbocycles. The minimum atomic E-state index is 0.0435. The van der Waals surface area contributed by atoms with Crippen LogP contribution in [0.4, 0.5) is 5.69 Å². The third-order valence-corrected chi connectivity index (χ3v) is 4.51. The topological polar surface area (TPSA) is 40.6 Å². The molecule has 0 aromatic heterocycles. The summed E-state index contributed by atoms with van der Waals surface area (Å²) in [5.41, 5.74) is 1.97. The van der Waals surface area contributed by atoms with Crippen molar-refractivity contribution in [2.45, 2.75) is 38.8 Å². The lowest BCUT2D eigenvalue weighted by Gasteiger charge is -2.26. The van der Waals surface area contributed by atoms with E-state index in [0.717, 1.165) is 24.1 Å². The van der Waals surface area contributed by atoms with Crippen LogP contribution in [0.15, 0.2) is 60.7 Å². The monoisotopic (exact) mass is 336 g/mol. The van der Waals surface area contributed by atoms with Crippen molar-refractivity contribution in [2.75, 3.05) is 11.4 Å². The van der Waals surface area contributed by atoms with Gasteiger partial charge in [0.1, 0.15) is 0 Å². The van der Waals surface area contributed by atoms with Crippen molar-refractivity contribution in [2.24, 2.45) is 0 Å². The molecule has 130 valence electrons. The second kappa shape index (κ2) is 7.97. The zero-order valence-electron chi connectivity index (χ0n) is 14.6. The van der Waals surface area contributed by atoms with E-state index in [9.17, 15) is 9.59 Å². The number of anilines is 1. The lowest BCUT2D eigenvalue weighted by atomic mass is 10.1. The molecule has 4 heteroatoms. The number of benzene rings is 2. The standard InChI is InChI=1S/C21H24N2O2/c1-17(24)22(20-12-13-20)15-14-21(25)23(19-10-6-3-7-11-19)16-18-8-4-2-5-9-18/h2-11,20H,12-16H2,1H3. The van der Waals surface area contributed by atoms with Gasteiger partial charge in [0.05, 0.1) is 6.54 Å². The van der Waals surface area contributed by atoms with Gasteiger partial charge in [-0.3, -0.25) is 9.59 Å². The third-order valence-electron chi connectivity index (χ3n) is 4.51. The fraction of sp³-hybridized carbons (Fsp3) is 0.333. The first-order valence-corrected chi connectivity index (χ1v) is 8.81. The molecule has 2 amide bonds. The molecule has 2 aromatic carbocycles.